The van der Waals surface area contributed by atoms with Gasteiger partial charge in [-0.15, -0.1) is 0 Å². The minimum Gasteiger partial charge on any atom is -0.455 e. The van der Waals surface area contributed by atoms with E-state index in [1.165, 1.54) is 30.5 Å². The molecule has 2 aromatic carbocycles. The molecule has 3 rings (SSSR count). The number of amides is 1. The topological polar surface area (TPSA) is 97.7 Å². The van der Waals surface area contributed by atoms with Gasteiger partial charge in [0.25, 0.3) is 11.6 Å². The summed E-state index contributed by atoms with van der Waals surface area (Å²) in [6.45, 7) is 0. The van der Waals surface area contributed by atoms with E-state index < -0.39 is 10.8 Å². The zero-order chi connectivity index (χ0) is 19.4. The van der Waals surface area contributed by atoms with Crippen molar-refractivity contribution in [3.05, 3.63) is 86.1 Å². The highest BCUT2D eigenvalue weighted by atomic mass is 35.5. The van der Waals surface area contributed by atoms with Gasteiger partial charge in [-0.3, -0.25) is 14.9 Å². The highest BCUT2D eigenvalue weighted by molar-refractivity contribution is 6.35. The van der Waals surface area contributed by atoms with Crippen LogP contribution in [-0.4, -0.2) is 17.0 Å². The Morgan fingerprint density at radius 3 is 2.70 bits per heavy atom. The van der Waals surface area contributed by atoms with E-state index in [0.717, 1.165) is 0 Å². The average molecular weight is 404 g/mol. The minimum absolute atomic E-state index is 0.0921. The number of rotatable bonds is 5. The summed E-state index contributed by atoms with van der Waals surface area (Å²) in [6, 6.07) is 13.9. The zero-order valence-electron chi connectivity index (χ0n) is 13.6. The highest BCUT2D eigenvalue weighted by Crippen LogP contribution is 2.31. The summed E-state index contributed by atoms with van der Waals surface area (Å²) in [5.74, 6) is 0.126. The summed E-state index contributed by atoms with van der Waals surface area (Å²) in [4.78, 5) is 22.4. The van der Waals surface area contributed by atoms with Gasteiger partial charge in [0.15, 0.2) is 0 Å². The number of carbonyl (C=O) groups is 1. The second-order valence-electron chi connectivity index (χ2n) is 5.30. The van der Waals surface area contributed by atoms with Crippen LogP contribution >= 0.6 is 23.2 Å². The molecule has 0 spiro atoms. The molecule has 0 fully saturated rings. The van der Waals surface area contributed by atoms with Crippen molar-refractivity contribution in [2.45, 2.75) is 0 Å². The van der Waals surface area contributed by atoms with Crippen LogP contribution in [-0.2, 0) is 0 Å². The molecule has 1 aromatic heterocycles. The molecule has 0 aliphatic carbocycles. The summed E-state index contributed by atoms with van der Waals surface area (Å²) >= 11 is 12.1. The molecular formula is C18H11Cl2N3O4. The van der Waals surface area contributed by atoms with E-state index in [1.54, 1.807) is 30.3 Å². The zero-order valence-corrected chi connectivity index (χ0v) is 15.1. The van der Waals surface area contributed by atoms with Crippen LogP contribution < -0.4 is 5.43 Å². The molecule has 0 aliphatic rings. The molecule has 0 saturated carbocycles. The fourth-order valence-electron chi connectivity index (χ4n) is 2.29. The Bertz CT molecular complexity index is 1050. The summed E-state index contributed by atoms with van der Waals surface area (Å²) in [5.41, 5.74) is 2.45. The van der Waals surface area contributed by atoms with Crippen molar-refractivity contribution in [1.29, 1.82) is 0 Å². The van der Waals surface area contributed by atoms with E-state index in [0.29, 0.717) is 27.1 Å². The van der Waals surface area contributed by atoms with Crippen LogP contribution in [0.3, 0.4) is 0 Å². The first kappa shape index (κ1) is 18.6. The smallest absolute Gasteiger partial charge is 0.282 e. The molecule has 0 unspecified atom stereocenters. The number of halogens is 2. The number of furan rings is 1. The maximum absolute atomic E-state index is 12.1. The van der Waals surface area contributed by atoms with Crippen LogP contribution in [0.5, 0.6) is 0 Å². The Labute approximate surface area is 163 Å². The monoisotopic (exact) mass is 403 g/mol. The second kappa shape index (κ2) is 8.03. The fraction of sp³-hybridized carbons (Fsp3) is 0. The number of benzene rings is 2. The van der Waals surface area contributed by atoms with E-state index in [-0.39, 0.29) is 11.3 Å². The molecule has 0 bridgehead atoms. The van der Waals surface area contributed by atoms with Gasteiger partial charge < -0.3 is 4.42 Å². The summed E-state index contributed by atoms with van der Waals surface area (Å²) < 4.78 is 5.60. The number of nitro groups is 1. The summed E-state index contributed by atoms with van der Waals surface area (Å²) in [6.07, 6.45) is 1.27. The first-order valence-electron chi connectivity index (χ1n) is 7.58. The summed E-state index contributed by atoms with van der Waals surface area (Å²) in [7, 11) is 0. The lowest BCUT2D eigenvalue weighted by Gasteiger charge is -2.01. The van der Waals surface area contributed by atoms with Crippen molar-refractivity contribution in [1.82, 2.24) is 5.43 Å². The molecule has 3 aromatic rings. The Hall–Kier alpha value is -3.16. The molecule has 1 N–H and O–H groups in total. The van der Waals surface area contributed by atoms with E-state index in [1.807, 2.05) is 0 Å². The molecule has 7 nitrogen and oxygen atoms in total. The lowest BCUT2D eigenvalue weighted by molar-refractivity contribution is -0.385. The van der Waals surface area contributed by atoms with Gasteiger partial charge in [-0.25, -0.2) is 5.43 Å². The SMILES string of the molecule is O=C(N/N=C\c1ccc(-c2cc(Cl)ccc2Cl)o1)c1ccccc1[N+](=O)[O-]. The molecule has 9 heteroatoms. The van der Waals surface area contributed by atoms with Gasteiger partial charge in [-0.05, 0) is 36.4 Å². The number of nitrogens with zero attached hydrogens (tertiary/aromatic N) is 2. The number of nitrogens with one attached hydrogen (secondary N) is 1. The lowest BCUT2D eigenvalue weighted by Crippen LogP contribution is -2.18. The predicted octanol–water partition coefficient (Wildman–Crippen LogP) is 4.93. The van der Waals surface area contributed by atoms with Crippen molar-refractivity contribution < 1.29 is 14.1 Å². The third-order valence-corrected chi connectivity index (χ3v) is 4.09. The van der Waals surface area contributed by atoms with Crippen LogP contribution in [0.25, 0.3) is 11.3 Å². The first-order valence-corrected chi connectivity index (χ1v) is 8.33. The quantitative estimate of drug-likeness (QED) is 0.371. The Kier molecular flexibility index (Phi) is 5.54. The number of nitro benzene ring substituents is 1. The standard InChI is InChI=1S/C18H11Cl2N3O4/c19-11-5-7-15(20)14(9-11)17-8-6-12(27-17)10-21-22-18(24)13-3-1-2-4-16(13)23(25)26/h1-10H,(H,22,24)/b21-10-. The van der Waals surface area contributed by atoms with E-state index in [4.69, 9.17) is 27.6 Å². The Balaban J connectivity index is 1.73. The van der Waals surface area contributed by atoms with Crippen LogP contribution in [0.15, 0.2) is 64.1 Å². The molecule has 1 amide bonds. The molecule has 0 radical (unpaired) electrons. The molecule has 136 valence electrons. The summed E-state index contributed by atoms with van der Waals surface area (Å²) in [5, 5.41) is 15.7. The van der Waals surface area contributed by atoms with Crippen LogP contribution in [0.1, 0.15) is 16.1 Å². The number of carbonyl (C=O) groups excluding carboxylic acids is 1. The van der Waals surface area contributed by atoms with Gasteiger partial charge in [-0.1, -0.05) is 35.3 Å². The van der Waals surface area contributed by atoms with E-state index in [9.17, 15) is 14.9 Å². The molecule has 0 saturated heterocycles. The van der Waals surface area contributed by atoms with Gasteiger partial charge in [0.1, 0.15) is 17.1 Å². The van der Waals surface area contributed by atoms with Crippen LogP contribution in [0.4, 0.5) is 5.69 Å². The number of hydrazone groups is 1. The fourth-order valence-corrected chi connectivity index (χ4v) is 2.68. The largest absolute Gasteiger partial charge is 0.455 e. The maximum atomic E-state index is 12.1. The highest BCUT2D eigenvalue weighted by Gasteiger charge is 2.18. The lowest BCUT2D eigenvalue weighted by atomic mass is 10.2. The van der Waals surface area contributed by atoms with Crippen LogP contribution in [0, 0.1) is 10.1 Å². The Morgan fingerprint density at radius 2 is 1.93 bits per heavy atom. The number of para-hydroxylation sites is 1. The van der Waals surface area contributed by atoms with E-state index >= 15 is 0 Å². The molecule has 1 heterocycles. The van der Waals surface area contributed by atoms with Gasteiger partial charge in [-0.2, -0.15) is 5.10 Å². The minimum atomic E-state index is -0.705. The third kappa shape index (κ3) is 4.33. The second-order valence-corrected chi connectivity index (χ2v) is 6.14. The van der Waals surface area contributed by atoms with Crippen molar-refractivity contribution >= 4 is 41.0 Å². The molecule has 0 atom stereocenters. The number of hydrogen-bond donors (Lipinski definition) is 1. The van der Waals surface area contributed by atoms with Crippen LogP contribution in [0.2, 0.25) is 10.0 Å². The van der Waals surface area contributed by atoms with Crippen molar-refractivity contribution in [3.63, 3.8) is 0 Å². The predicted molar refractivity (Wildman–Crippen MR) is 102 cm³/mol. The van der Waals surface area contributed by atoms with Crippen molar-refractivity contribution in [2.24, 2.45) is 5.10 Å². The number of hydrogen-bond acceptors (Lipinski definition) is 5. The average Bonchev–Trinajstić information content (AvgIpc) is 3.12. The maximum Gasteiger partial charge on any atom is 0.282 e. The molecular weight excluding hydrogens is 393 g/mol. The van der Waals surface area contributed by atoms with E-state index in [2.05, 4.69) is 10.5 Å². The van der Waals surface area contributed by atoms with Gasteiger partial charge >= 0.3 is 0 Å². The van der Waals surface area contributed by atoms with Crippen molar-refractivity contribution in [3.8, 4) is 11.3 Å². The molecule has 27 heavy (non-hydrogen) atoms. The normalized spacial score (nSPS) is 10.9. The Morgan fingerprint density at radius 1 is 1.15 bits per heavy atom. The van der Waals surface area contributed by atoms with Crippen molar-refractivity contribution in [2.75, 3.05) is 0 Å². The first-order chi connectivity index (χ1) is 13.0. The van der Waals surface area contributed by atoms with Gasteiger partial charge in [0.2, 0.25) is 0 Å². The third-order valence-electron chi connectivity index (χ3n) is 3.52. The van der Waals surface area contributed by atoms with Gasteiger partial charge in [0.05, 0.1) is 16.2 Å². The molecule has 0 aliphatic heterocycles. The van der Waals surface area contributed by atoms with Gasteiger partial charge in [0, 0.05) is 16.7 Å².